The van der Waals surface area contributed by atoms with Crippen molar-refractivity contribution in [1.82, 2.24) is 0 Å². The fourth-order valence-corrected chi connectivity index (χ4v) is 2.34. The Hall–Kier alpha value is -1.82. The van der Waals surface area contributed by atoms with Gasteiger partial charge in [-0.25, -0.2) is 0 Å². The predicted molar refractivity (Wildman–Crippen MR) is 66.9 cm³/mol. The molecule has 0 aliphatic heterocycles. The van der Waals surface area contributed by atoms with Crippen LogP contribution in [0.1, 0.15) is 5.56 Å². The maximum atomic E-state index is 4.11. The van der Waals surface area contributed by atoms with Crippen LogP contribution in [0.5, 0.6) is 0 Å². The molecule has 15 heavy (non-hydrogen) atoms. The molecule has 0 heterocycles. The van der Waals surface area contributed by atoms with Gasteiger partial charge in [0.1, 0.15) is 0 Å². The summed E-state index contributed by atoms with van der Waals surface area (Å²) in [6, 6.07) is 15.0. The van der Waals surface area contributed by atoms with Crippen LogP contribution in [0.25, 0.3) is 28.1 Å². The van der Waals surface area contributed by atoms with Crippen LogP contribution in [0.4, 0.5) is 0 Å². The molecule has 0 radical (unpaired) electrons. The third kappa shape index (κ3) is 1.08. The summed E-state index contributed by atoms with van der Waals surface area (Å²) < 4.78 is 0. The molecule has 0 aromatic heterocycles. The molecular weight excluding hydrogens is 180 g/mol. The maximum absolute atomic E-state index is 4.11. The summed E-state index contributed by atoms with van der Waals surface area (Å²) in [5.41, 5.74) is 1.31. The van der Waals surface area contributed by atoms with Gasteiger partial charge in [0.15, 0.2) is 0 Å². The van der Waals surface area contributed by atoms with Gasteiger partial charge in [0.2, 0.25) is 0 Å². The molecule has 0 unspecified atom stereocenters. The first-order chi connectivity index (χ1) is 7.27. The van der Waals surface area contributed by atoms with Crippen molar-refractivity contribution in [2.45, 2.75) is 6.92 Å². The van der Waals surface area contributed by atoms with Gasteiger partial charge in [0.25, 0.3) is 0 Å². The number of hydrogen-bond acceptors (Lipinski definition) is 0. The lowest BCUT2D eigenvalue weighted by Gasteiger charge is -2.08. The molecule has 3 rings (SSSR count). The fourth-order valence-electron chi connectivity index (χ4n) is 2.34. The smallest absolute Gasteiger partial charge is 0.00304 e. The number of rotatable bonds is 0. The second-order valence-electron chi connectivity index (χ2n) is 4.06. The van der Waals surface area contributed by atoms with Crippen molar-refractivity contribution < 1.29 is 0 Å². The van der Waals surface area contributed by atoms with E-state index in [-0.39, 0.29) is 0 Å². The SMILES string of the molecule is C=c1ccc2cccc3ccc(C)c1c32. The predicted octanol–water partition coefficient (Wildman–Crippen LogP) is 3.43. The Morgan fingerprint density at radius 1 is 0.800 bits per heavy atom. The maximum Gasteiger partial charge on any atom is -0.00304 e. The molecule has 0 bridgehead atoms. The molecule has 72 valence electrons. The summed E-state index contributed by atoms with van der Waals surface area (Å²) in [4.78, 5) is 0. The molecule has 0 saturated carbocycles. The molecule has 0 aliphatic carbocycles. The van der Waals surface area contributed by atoms with Crippen LogP contribution in [-0.2, 0) is 0 Å². The van der Waals surface area contributed by atoms with Crippen LogP contribution < -0.4 is 5.22 Å². The molecule has 3 aromatic rings. The summed E-state index contributed by atoms with van der Waals surface area (Å²) in [6.45, 7) is 6.26. The van der Waals surface area contributed by atoms with E-state index >= 15 is 0 Å². The van der Waals surface area contributed by atoms with E-state index in [0.717, 1.165) is 5.22 Å². The number of hydrogen-bond donors (Lipinski definition) is 0. The van der Waals surface area contributed by atoms with E-state index in [1.54, 1.807) is 0 Å². The van der Waals surface area contributed by atoms with Crippen molar-refractivity contribution in [2.75, 3.05) is 0 Å². The van der Waals surface area contributed by atoms with Crippen LogP contribution in [0.3, 0.4) is 0 Å². The lowest BCUT2D eigenvalue weighted by Crippen LogP contribution is -2.00. The average molecular weight is 192 g/mol. The third-order valence-electron chi connectivity index (χ3n) is 3.07. The van der Waals surface area contributed by atoms with Gasteiger partial charge in [-0.1, -0.05) is 49.0 Å². The monoisotopic (exact) mass is 192 g/mol. The lowest BCUT2D eigenvalue weighted by molar-refractivity contribution is 1.53. The Kier molecular flexibility index (Phi) is 1.60. The van der Waals surface area contributed by atoms with Crippen LogP contribution >= 0.6 is 0 Å². The summed E-state index contributed by atoms with van der Waals surface area (Å²) in [7, 11) is 0. The molecule has 0 saturated heterocycles. The normalized spacial score (nSPS) is 11.3. The Balaban J connectivity index is 2.79. The Labute approximate surface area is 88.8 Å². The van der Waals surface area contributed by atoms with Crippen molar-refractivity contribution in [1.29, 1.82) is 0 Å². The van der Waals surface area contributed by atoms with Gasteiger partial charge in [-0.3, -0.25) is 0 Å². The zero-order chi connectivity index (χ0) is 10.4. The number of benzene rings is 3. The van der Waals surface area contributed by atoms with E-state index in [1.165, 1.54) is 27.1 Å². The van der Waals surface area contributed by atoms with Gasteiger partial charge in [0.05, 0.1) is 0 Å². The van der Waals surface area contributed by atoms with Crippen LogP contribution in [0.2, 0.25) is 0 Å². The van der Waals surface area contributed by atoms with Crippen molar-refractivity contribution in [3.8, 4) is 0 Å². The van der Waals surface area contributed by atoms with Crippen molar-refractivity contribution >= 4 is 28.1 Å². The molecule has 0 nitrogen and oxygen atoms in total. The first kappa shape index (κ1) is 8.49. The Morgan fingerprint density at radius 3 is 2.20 bits per heavy atom. The van der Waals surface area contributed by atoms with E-state index in [1.807, 2.05) is 0 Å². The summed E-state index contributed by atoms with van der Waals surface area (Å²) in [6.07, 6.45) is 0. The van der Waals surface area contributed by atoms with E-state index < -0.39 is 0 Å². The van der Waals surface area contributed by atoms with Crippen molar-refractivity contribution in [2.24, 2.45) is 0 Å². The minimum Gasteiger partial charge on any atom is -0.0911 e. The van der Waals surface area contributed by atoms with Crippen LogP contribution in [-0.4, -0.2) is 0 Å². The van der Waals surface area contributed by atoms with Gasteiger partial charge in [0, 0.05) is 0 Å². The van der Waals surface area contributed by atoms with E-state index in [2.05, 4.69) is 56.0 Å². The fraction of sp³-hybridized carbons (Fsp3) is 0.0667. The van der Waals surface area contributed by atoms with Gasteiger partial charge in [-0.15, -0.1) is 0 Å². The quantitative estimate of drug-likeness (QED) is 0.512. The minimum absolute atomic E-state index is 1.12. The molecule has 3 aromatic carbocycles. The van der Waals surface area contributed by atoms with Crippen LogP contribution in [0.15, 0.2) is 42.5 Å². The van der Waals surface area contributed by atoms with Crippen molar-refractivity contribution in [3.63, 3.8) is 0 Å². The second kappa shape index (κ2) is 2.83. The molecule has 0 spiro atoms. The molecular formula is C15H12. The molecule has 0 amide bonds. The minimum atomic E-state index is 1.12. The molecule has 0 fully saturated rings. The van der Waals surface area contributed by atoms with Gasteiger partial charge < -0.3 is 0 Å². The van der Waals surface area contributed by atoms with Gasteiger partial charge in [-0.2, -0.15) is 0 Å². The van der Waals surface area contributed by atoms with Gasteiger partial charge >= 0.3 is 0 Å². The molecule has 0 aliphatic rings. The highest BCUT2D eigenvalue weighted by atomic mass is 14.1. The molecule has 0 atom stereocenters. The summed E-state index contributed by atoms with van der Waals surface area (Å²) >= 11 is 0. The average Bonchev–Trinajstić information content (AvgIpc) is 2.25. The van der Waals surface area contributed by atoms with Crippen LogP contribution in [0, 0.1) is 6.92 Å². The topological polar surface area (TPSA) is 0 Å². The van der Waals surface area contributed by atoms with E-state index in [9.17, 15) is 0 Å². The summed E-state index contributed by atoms with van der Waals surface area (Å²) in [5, 5.41) is 6.39. The Bertz CT molecular complexity index is 677. The zero-order valence-electron chi connectivity index (χ0n) is 8.75. The number of aryl methyl sites for hydroxylation is 1. The zero-order valence-corrected chi connectivity index (χ0v) is 8.75. The van der Waals surface area contributed by atoms with E-state index in [0.29, 0.717) is 0 Å². The second-order valence-corrected chi connectivity index (χ2v) is 4.06. The highest BCUT2D eigenvalue weighted by Crippen LogP contribution is 2.26. The Morgan fingerprint density at radius 2 is 1.47 bits per heavy atom. The lowest BCUT2D eigenvalue weighted by atomic mass is 9.96. The highest BCUT2D eigenvalue weighted by molar-refractivity contribution is 6.11. The molecule has 0 N–H and O–H groups in total. The first-order valence-electron chi connectivity index (χ1n) is 5.17. The summed E-state index contributed by atoms with van der Waals surface area (Å²) in [5.74, 6) is 0. The van der Waals surface area contributed by atoms with Gasteiger partial charge in [-0.05, 0) is 39.3 Å². The first-order valence-corrected chi connectivity index (χ1v) is 5.17. The van der Waals surface area contributed by atoms with Crippen molar-refractivity contribution in [3.05, 3.63) is 53.2 Å². The standard InChI is InChI=1S/C15H12/c1-10-6-8-12-4-3-5-13-9-7-11(2)14(10)15(12)13/h3-9H,1H2,2H3. The highest BCUT2D eigenvalue weighted by Gasteiger charge is 2.03. The van der Waals surface area contributed by atoms with E-state index in [4.69, 9.17) is 0 Å². The third-order valence-corrected chi connectivity index (χ3v) is 3.07. The molecule has 0 heteroatoms. The largest absolute Gasteiger partial charge is 0.0911 e.